The molecule has 0 unspecified atom stereocenters. The van der Waals surface area contributed by atoms with E-state index in [2.05, 4.69) is 10.3 Å². The van der Waals surface area contributed by atoms with Crippen LogP contribution in [0.1, 0.15) is 33.1 Å². The summed E-state index contributed by atoms with van der Waals surface area (Å²) in [5.41, 5.74) is 3.63. The quantitative estimate of drug-likeness (QED) is 0.758. The van der Waals surface area contributed by atoms with Gasteiger partial charge in [-0.05, 0) is 42.3 Å². The molecule has 3 aromatic rings. The number of nitrogens with one attached hydrogen (secondary N) is 1. The van der Waals surface area contributed by atoms with E-state index >= 15 is 0 Å². The molecule has 1 N–H and O–H groups in total. The SMILES string of the molecule is Cc1ccc([C@H](NC(=O)c2cccc(Cl)c2)c2cccnc2)cc1. The Morgan fingerprint density at radius 3 is 2.50 bits per heavy atom. The van der Waals surface area contributed by atoms with Crippen LogP contribution in [0.15, 0.2) is 73.1 Å². The minimum absolute atomic E-state index is 0.174. The summed E-state index contributed by atoms with van der Waals surface area (Å²) in [6.45, 7) is 2.04. The minimum atomic E-state index is -0.272. The van der Waals surface area contributed by atoms with Gasteiger partial charge in [-0.25, -0.2) is 0 Å². The Hall–Kier alpha value is -2.65. The molecule has 1 heterocycles. The first kappa shape index (κ1) is 16.2. The van der Waals surface area contributed by atoms with Gasteiger partial charge in [-0.1, -0.05) is 53.6 Å². The molecular formula is C20H17ClN2O. The maximum atomic E-state index is 12.6. The fourth-order valence-corrected chi connectivity index (χ4v) is 2.70. The molecule has 120 valence electrons. The topological polar surface area (TPSA) is 42.0 Å². The van der Waals surface area contributed by atoms with E-state index in [-0.39, 0.29) is 11.9 Å². The molecule has 1 aromatic heterocycles. The van der Waals surface area contributed by atoms with Crippen molar-refractivity contribution in [3.63, 3.8) is 0 Å². The number of aromatic nitrogens is 1. The average Bonchev–Trinajstić information content (AvgIpc) is 2.61. The van der Waals surface area contributed by atoms with Crippen molar-refractivity contribution in [2.24, 2.45) is 0 Å². The largest absolute Gasteiger partial charge is 0.341 e. The number of pyridine rings is 1. The van der Waals surface area contributed by atoms with E-state index in [0.717, 1.165) is 11.1 Å². The number of carbonyl (C=O) groups is 1. The van der Waals surface area contributed by atoms with Crippen LogP contribution in [0.25, 0.3) is 0 Å². The second-order valence-electron chi connectivity index (χ2n) is 5.61. The van der Waals surface area contributed by atoms with Gasteiger partial charge < -0.3 is 5.32 Å². The van der Waals surface area contributed by atoms with Crippen LogP contribution in [-0.2, 0) is 0 Å². The molecule has 0 aliphatic carbocycles. The smallest absolute Gasteiger partial charge is 0.252 e. The number of hydrogen-bond donors (Lipinski definition) is 1. The van der Waals surface area contributed by atoms with Crippen LogP contribution >= 0.6 is 11.6 Å². The van der Waals surface area contributed by atoms with Crippen LogP contribution in [0.4, 0.5) is 0 Å². The number of nitrogens with zero attached hydrogens (tertiary/aromatic N) is 1. The number of amides is 1. The van der Waals surface area contributed by atoms with E-state index in [1.807, 2.05) is 43.3 Å². The van der Waals surface area contributed by atoms with Gasteiger partial charge in [0.1, 0.15) is 0 Å². The Kier molecular flexibility index (Phi) is 4.92. The second-order valence-corrected chi connectivity index (χ2v) is 6.05. The summed E-state index contributed by atoms with van der Waals surface area (Å²) in [7, 11) is 0. The van der Waals surface area contributed by atoms with Crippen molar-refractivity contribution < 1.29 is 4.79 Å². The second kappa shape index (κ2) is 7.28. The molecule has 0 radical (unpaired) electrons. The van der Waals surface area contributed by atoms with Crippen molar-refractivity contribution in [1.29, 1.82) is 0 Å². The summed E-state index contributed by atoms with van der Waals surface area (Å²) >= 11 is 5.99. The number of aryl methyl sites for hydroxylation is 1. The van der Waals surface area contributed by atoms with Gasteiger partial charge in [0.15, 0.2) is 0 Å². The predicted molar refractivity (Wildman–Crippen MR) is 96.2 cm³/mol. The van der Waals surface area contributed by atoms with E-state index in [0.29, 0.717) is 10.6 Å². The zero-order valence-corrected chi connectivity index (χ0v) is 14.0. The van der Waals surface area contributed by atoms with Crippen LogP contribution in [0.3, 0.4) is 0 Å². The molecule has 1 atom stereocenters. The lowest BCUT2D eigenvalue weighted by Crippen LogP contribution is -2.29. The first-order chi connectivity index (χ1) is 11.6. The van der Waals surface area contributed by atoms with Crippen LogP contribution in [-0.4, -0.2) is 10.9 Å². The maximum Gasteiger partial charge on any atom is 0.252 e. The lowest BCUT2D eigenvalue weighted by molar-refractivity contribution is 0.0943. The highest BCUT2D eigenvalue weighted by Gasteiger charge is 2.18. The fraction of sp³-hybridized carbons (Fsp3) is 0.100. The van der Waals surface area contributed by atoms with Gasteiger partial charge in [0, 0.05) is 23.0 Å². The zero-order valence-electron chi connectivity index (χ0n) is 13.2. The number of halogens is 1. The summed E-state index contributed by atoms with van der Waals surface area (Å²) < 4.78 is 0. The average molecular weight is 337 g/mol. The molecule has 0 saturated heterocycles. The Morgan fingerprint density at radius 1 is 1.04 bits per heavy atom. The summed E-state index contributed by atoms with van der Waals surface area (Å²) in [6.07, 6.45) is 3.48. The van der Waals surface area contributed by atoms with E-state index in [1.54, 1.807) is 36.7 Å². The third-order valence-corrected chi connectivity index (χ3v) is 4.03. The van der Waals surface area contributed by atoms with E-state index in [9.17, 15) is 4.79 Å². The molecule has 0 saturated carbocycles. The highest BCUT2D eigenvalue weighted by Crippen LogP contribution is 2.23. The molecule has 0 aliphatic heterocycles. The summed E-state index contributed by atoms with van der Waals surface area (Å²) in [5, 5.41) is 3.61. The van der Waals surface area contributed by atoms with Crippen LogP contribution < -0.4 is 5.32 Å². The highest BCUT2D eigenvalue weighted by molar-refractivity contribution is 6.30. The lowest BCUT2D eigenvalue weighted by atomic mass is 9.98. The zero-order chi connectivity index (χ0) is 16.9. The van der Waals surface area contributed by atoms with Crippen molar-refractivity contribution in [3.8, 4) is 0 Å². The molecular weight excluding hydrogens is 320 g/mol. The lowest BCUT2D eigenvalue weighted by Gasteiger charge is -2.20. The standard InChI is InChI=1S/C20H17ClN2O/c1-14-7-9-15(10-8-14)19(17-5-3-11-22-13-17)23-20(24)16-4-2-6-18(21)12-16/h2-13,19H,1H3,(H,23,24)/t19-/m0/s1. The molecule has 24 heavy (non-hydrogen) atoms. The Labute approximate surface area is 146 Å². The van der Waals surface area contributed by atoms with Gasteiger partial charge in [-0.2, -0.15) is 0 Å². The molecule has 0 bridgehead atoms. The molecule has 4 heteroatoms. The van der Waals surface area contributed by atoms with E-state index < -0.39 is 0 Å². The van der Waals surface area contributed by atoms with Crippen molar-refractivity contribution in [2.75, 3.05) is 0 Å². The van der Waals surface area contributed by atoms with Crippen molar-refractivity contribution in [1.82, 2.24) is 10.3 Å². The maximum absolute atomic E-state index is 12.6. The van der Waals surface area contributed by atoms with Crippen molar-refractivity contribution in [2.45, 2.75) is 13.0 Å². The fourth-order valence-electron chi connectivity index (χ4n) is 2.51. The summed E-state index contributed by atoms with van der Waals surface area (Å²) in [5.74, 6) is -0.174. The van der Waals surface area contributed by atoms with Gasteiger partial charge in [0.2, 0.25) is 0 Å². The summed E-state index contributed by atoms with van der Waals surface area (Å²) in [4.78, 5) is 16.8. The monoisotopic (exact) mass is 336 g/mol. The number of carbonyl (C=O) groups excluding carboxylic acids is 1. The molecule has 3 rings (SSSR count). The Bertz CT molecular complexity index is 832. The number of hydrogen-bond acceptors (Lipinski definition) is 2. The van der Waals surface area contributed by atoms with Gasteiger partial charge in [-0.3, -0.25) is 9.78 Å². The van der Waals surface area contributed by atoms with Crippen molar-refractivity contribution in [3.05, 3.63) is 100 Å². The molecule has 1 amide bonds. The minimum Gasteiger partial charge on any atom is -0.341 e. The predicted octanol–water partition coefficient (Wildman–Crippen LogP) is 4.56. The van der Waals surface area contributed by atoms with Crippen molar-refractivity contribution >= 4 is 17.5 Å². The Morgan fingerprint density at radius 2 is 1.83 bits per heavy atom. The van der Waals surface area contributed by atoms with Gasteiger partial charge in [0.05, 0.1) is 6.04 Å². The third kappa shape index (κ3) is 3.81. The van der Waals surface area contributed by atoms with Gasteiger partial charge in [0.25, 0.3) is 5.91 Å². The molecule has 3 nitrogen and oxygen atoms in total. The van der Waals surface area contributed by atoms with Crippen LogP contribution in [0.5, 0.6) is 0 Å². The highest BCUT2D eigenvalue weighted by atomic mass is 35.5. The molecule has 0 spiro atoms. The van der Waals surface area contributed by atoms with E-state index in [4.69, 9.17) is 11.6 Å². The third-order valence-electron chi connectivity index (χ3n) is 3.79. The first-order valence-electron chi connectivity index (χ1n) is 7.66. The molecule has 0 aliphatic rings. The van der Waals surface area contributed by atoms with Crippen LogP contribution in [0, 0.1) is 6.92 Å². The van der Waals surface area contributed by atoms with Gasteiger partial charge >= 0.3 is 0 Å². The van der Waals surface area contributed by atoms with Crippen LogP contribution in [0.2, 0.25) is 5.02 Å². The summed E-state index contributed by atoms with van der Waals surface area (Å²) in [6, 6.07) is 18.6. The van der Waals surface area contributed by atoms with E-state index in [1.165, 1.54) is 5.56 Å². The number of rotatable bonds is 4. The normalized spacial score (nSPS) is 11.8. The number of benzene rings is 2. The molecule has 0 fully saturated rings. The first-order valence-corrected chi connectivity index (χ1v) is 8.04. The Balaban J connectivity index is 1.93. The molecule has 2 aromatic carbocycles. The van der Waals surface area contributed by atoms with Gasteiger partial charge in [-0.15, -0.1) is 0 Å².